The summed E-state index contributed by atoms with van der Waals surface area (Å²) >= 11 is 0. The molecule has 5 heteroatoms. The molecule has 0 aliphatic carbocycles. The quantitative estimate of drug-likeness (QED) is 0.654. The smallest absolute Gasteiger partial charge is 0.0644 e. The monoisotopic (exact) mass is 344 g/mol. The number of hydrogen-bond acceptors (Lipinski definition) is 4. The highest BCUT2D eigenvalue weighted by Crippen LogP contribution is 2.17. The summed E-state index contributed by atoms with van der Waals surface area (Å²) in [5.41, 5.74) is 4.65. The topological polar surface area (TPSA) is 62.1 Å². The van der Waals surface area contributed by atoms with Crippen LogP contribution in [-0.4, -0.2) is 33.6 Å². The maximum absolute atomic E-state index is 9.12. The van der Waals surface area contributed by atoms with Crippen LogP contribution in [0.15, 0.2) is 30.3 Å². The fraction of sp³-hybridized carbons (Fsp3) is 0.550. The van der Waals surface area contributed by atoms with Gasteiger partial charge in [0.15, 0.2) is 0 Å². The van der Waals surface area contributed by atoms with Crippen LogP contribution >= 0.6 is 0 Å². The summed E-state index contributed by atoms with van der Waals surface area (Å²) in [4.78, 5) is 0. The van der Waals surface area contributed by atoms with Crippen molar-refractivity contribution in [2.45, 2.75) is 59.3 Å². The van der Waals surface area contributed by atoms with E-state index in [1.54, 1.807) is 0 Å². The lowest BCUT2D eigenvalue weighted by molar-refractivity contribution is 0.267. The summed E-state index contributed by atoms with van der Waals surface area (Å²) in [6.45, 7) is 13.0. The van der Waals surface area contributed by atoms with Gasteiger partial charge in [-0.15, -0.1) is 0 Å². The first kappa shape index (κ1) is 19.6. The van der Waals surface area contributed by atoms with Gasteiger partial charge in [0.1, 0.15) is 0 Å². The third-order valence-electron chi connectivity index (χ3n) is 4.62. The minimum atomic E-state index is -0.0296. The minimum absolute atomic E-state index is 0.0296. The Hall–Kier alpha value is -1.69. The Kier molecular flexibility index (Phi) is 6.76. The molecule has 0 spiro atoms. The second kappa shape index (κ2) is 8.61. The second-order valence-corrected chi connectivity index (χ2v) is 7.36. The minimum Gasteiger partial charge on any atom is -0.394 e. The molecule has 138 valence electrons. The van der Waals surface area contributed by atoms with Crippen molar-refractivity contribution in [3.8, 4) is 0 Å². The Morgan fingerprint density at radius 3 is 2.52 bits per heavy atom. The molecule has 25 heavy (non-hydrogen) atoms. The third-order valence-corrected chi connectivity index (χ3v) is 4.62. The van der Waals surface area contributed by atoms with E-state index in [1.807, 2.05) is 17.7 Å². The van der Waals surface area contributed by atoms with Crippen molar-refractivity contribution in [2.24, 2.45) is 0 Å². The van der Waals surface area contributed by atoms with Gasteiger partial charge < -0.3 is 15.7 Å². The summed E-state index contributed by atoms with van der Waals surface area (Å²) in [6.07, 6.45) is 0. The van der Waals surface area contributed by atoms with Gasteiger partial charge in [0.25, 0.3) is 0 Å². The molecule has 1 atom stereocenters. The Morgan fingerprint density at radius 1 is 1.20 bits per heavy atom. The van der Waals surface area contributed by atoms with Gasteiger partial charge in [-0.1, -0.05) is 30.3 Å². The molecule has 5 nitrogen and oxygen atoms in total. The van der Waals surface area contributed by atoms with Crippen LogP contribution in [0.1, 0.15) is 49.3 Å². The summed E-state index contributed by atoms with van der Waals surface area (Å²) < 4.78 is 1.88. The molecule has 0 amide bonds. The molecule has 0 fully saturated rings. The zero-order valence-electron chi connectivity index (χ0n) is 16.1. The van der Waals surface area contributed by atoms with Crippen molar-refractivity contribution in [3.63, 3.8) is 0 Å². The van der Waals surface area contributed by atoms with E-state index in [-0.39, 0.29) is 12.1 Å². The van der Waals surface area contributed by atoms with Crippen LogP contribution in [0, 0.1) is 13.8 Å². The van der Waals surface area contributed by atoms with Crippen LogP contribution in [0.5, 0.6) is 0 Å². The van der Waals surface area contributed by atoms with Gasteiger partial charge in [0, 0.05) is 35.9 Å². The summed E-state index contributed by atoms with van der Waals surface area (Å²) in [5, 5.41) is 20.9. The van der Waals surface area contributed by atoms with Crippen molar-refractivity contribution in [3.05, 3.63) is 52.8 Å². The highest BCUT2D eigenvalue weighted by molar-refractivity contribution is 5.24. The number of rotatable bonds is 9. The first-order chi connectivity index (χ1) is 11.8. The fourth-order valence-electron chi connectivity index (χ4n) is 3.26. The number of nitrogens with one attached hydrogen (secondary N) is 2. The zero-order valence-corrected chi connectivity index (χ0v) is 16.1. The van der Waals surface area contributed by atoms with Crippen molar-refractivity contribution in [2.75, 3.05) is 13.2 Å². The number of aliphatic hydroxyl groups is 1. The average Bonchev–Trinajstić information content (AvgIpc) is 2.83. The van der Waals surface area contributed by atoms with Gasteiger partial charge in [0.2, 0.25) is 0 Å². The Morgan fingerprint density at radius 2 is 1.88 bits per heavy atom. The number of aliphatic hydroxyl groups excluding tert-OH is 1. The maximum Gasteiger partial charge on any atom is 0.0644 e. The van der Waals surface area contributed by atoms with Crippen LogP contribution in [0.2, 0.25) is 0 Å². The maximum atomic E-state index is 9.12. The van der Waals surface area contributed by atoms with Gasteiger partial charge in [-0.05, 0) is 40.2 Å². The fourth-order valence-corrected chi connectivity index (χ4v) is 3.26. The predicted octanol–water partition coefficient (Wildman–Crippen LogP) is 2.71. The molecule has 2 aromatic rings. The van der Waals surface area contributed by atoms with E-state index < -0.39 is 0 Å². The van der Waals surface area contributed by atoms with Crippen LogP contribution in [-0.2, 0) is 13.1 Å². The molecule has 0 radical (unpaired) electrons. The van der Waals surface area contributed by atoms with Gasteiger partial charge >= 0.3 is 0 Å². The summed E-state index contributed by atoms with van der Waals surface area (Å²) in [5.74, 6) is 0. The standard InChI is InChI=1S/C20H32N4O/c1-15(18-9-7-6-8-10-18)22-20(4,5)14-21-13-19-16(2)23-24(11-12-25)17(19)3/h6-10,15,21-22,25H,11-14H2,1-5H3/t15-/m0/s1. The number of benzene rings is 1. The number of hydrogen-bond donors (Lipinski definition) is 3. The number of nitrogens with zero attached hydrogens (tertiary/aromatic N) is 2. The molecule has 1 heterocycles. The van der Waals surface area contributed by atoms with Crippen LogP contribution in [0.25, 0.3) is 0 Å². The van der Waals surface area contributed by atoms with E-state index in [0.29, 0.717) is 12.6 Å². The van der Waals surface area contributed by atoms with E-state index >= 15 is 0 Å². The van der Waals surface area contributed by atoms with Crippen molar-refractivity contribution in [1.82, 2.24) is 20.4 Å². The van der Waals surface area contributed by atoms with E-state index in [4.69, 9.17) is 5.11 Å². The molecule has 1 aromatic heterocycles. The van der Waals surface area contributed by atoms with Gasteiger partial charge in [-0.3, -0.25) is 4.68 Å². The number of aryl methyl sites for hydroxylation is 1. The largest absolute Gasteiger partial charge is 0.394 e. The third kappa shape index (κ3) is 5.39. The predicted molar refractivity (Wildman–Crippen MR) is 103 cm³/mol. The SMILES string of the molecule is Cc1nn(CCO)c(C)c1CNCC(C)(C)N[C@@H](C)c1ccccc1. The van der Waals surface area contributed by atoms with Gasteiger partial charge in [0.05, 0.1) is 18.8 Å². The Labute approximate surface area is 151 Å². The normalized spacial score (nSPS) is 13.2. The Bertz CT molecular complexity index is 664. The van der Waals surface area contributed by atoms with Crippen LogP contribution < -0.4 is 10.6 Å². The van der Waals surface area contributed by atoms with Crippen molar-refractivity contribution < 1.29 is 5.11 Å². The molecule has 0 unspecified atom stereocenters. The Balaban J connectivity index is 1.90. The molecular formula is C20H32N4O. The molecule has 3 N–H and O–H groups in total. The second-order valence-electron chi connectivity index (χ2n) is 7.36. The molecule has 2 rings (SSSR count). The lowest BCUT2D eigenvalue weighted by atomic mass is 10.0. The summed E-state index contributed by atoms with van der Waals surface area (Å²) in [7, 11) is 0. The van der Waals surface area contributed by atoms with E-state index in [9.17, 15) is 0 Å². The molecule has 0 saturated carbocycles. The molecular weight excluding hydrogens is 312 g/mol. The summed E-state index contributed by atoms with van der Waals surface area (Å²) in [6, 6.07) is 10.8. The molecule has 0 aliphatic rings. The van der Waals surface area contributed by atoms with Crippen LogP contribution in [0.4, 0.5) is 0 Å². The van der Waals surface area contributed by atoms with Crippen molar-refractivity contribution in [1.29, 1.82) is 0 Å². The lowest BCUT2D eigenvalue weighted by Gasteiger charge is -2.31. The molecule has 0 bridgehead atoms. The lowest BCUT2D eigenvalue weighted by Crippen LogP contribution is -2.48. The van der Waals surface area contributed by atoms with Gasteiger partial charge in [-0.25, -0.2) is 0 Å². The zero-order chi connectivity index (χ0) is 18.4. The van der Waals surface area contributed by atoms with Crippen LogP contribution in [0.3, 0.4) is 0 Å². The van der Waals surface area contributed by atoms with Gasteiger partial charge in [-0.2, -0.15) is 5.10 Å². The highest BCUT2D eigenvalue weighted by Gasteiger charge is 2.21. The molecule has 1 aromatic carbocycles. The van der Waals surface area contributed by atoms with E-state index in [0.717, 1.165) is 24.5 Å². The molecule has 0 saturated heterocycles. The first-order valence-electron chi connectivity index (χ1n) is 9.01. The van der Waals surface area contributed by atoms with E-state index in [2.05, 4.69) is 67.7 Å². The molecule has 0 aliphatic heterocycles. The van der Waals surface area contributed by atoms with Crippen molar-refractivity contribution >= 4 is 0 Å². The number of aromatic nitrogens is 2. The first-order valence-corrected chi connectivity index (χ1v) is 9.01. The van der Waals surface area contributed by atoms with E-state index in [1.165, 1.54) is 11.1 Å². The highest BCUT2D eigenvalue weighted by atomic mass is 16.3. The average molecular weight is 345 g/mol.